The molecular weight excluding hydrogens is 276 g/mol. The number of benzene rings is 1. The molecule has 1 saturated carbocycles. The maximum absolute atomic E-state index is 11.8. The van der Waals surface area contributed by atoms with Gasteiger partial charge in [-0.25, -0.2) is 4.79 Å². The van der Waals surface area contributed by atoms with Crippen LogP contribution in [0.1, 0.15) is 50.2 Å². The minimum absolute atomic E-state index is 0.0728. The van der Waals surface area contributed by atoms with E-state index in [9.17, 15) is 4.79 Å². The quantitative estimate of drug-likeness (QED) is 0.771. The summed E-state index contributed by atoms with van der Waals surface area (Å²) in [6.07, 6.45) is 6.49. The lowest BCUT2D eigenvalue weighted by Gasteiger charge is -2.11. The highest BCUT2D eigenvalue weighted by Gasteiger charge is 2.14. The Kier molecular flexibility index (Phi) is 7.23. The Morgan fingerprint density at radius 1 is 1.14 bits per heavy atom. The highest BCUT2D eigenvalue weighted by Crippen LogP contribution is 2.26. The number of ether oxygens (including phenoxy) is 1. The Labute approximate surface area is 133 Å². The summed E-state index contributed by atoms with van der Waals surface area (Å²) in [5.41, 5.74) is 2.26. The van der Waals surface area contributed by atoms with E-state index in [1.54, 1.807) is 0 Å². The van der Waals surface area contributed by atoms with Crippen molar-refractivity contribution < 1.29 is 9.53 Å². The van der Waals surface area contributed by atoms with Crippen LogP contribution < -0.4 is 10.6 Å². The molecule has 2 N–H and O–H groups in total. The van der Waals surface area contributed by atoms with Gasteiger partial charge in [0.2, 0.25) is 0 Å². The van der Waals surface area contributed by atoms with Crippen LogP contribution in [0.3, 0.4) is 0 Å². The van der Waals surface area contributed by atoms with Gasteiger partial charge in [-0.2, -0.15) is 0 Å². The van der Waals surface area contributed by atoms with E-state index in [0.29, 0.717) is 13.2 Å². The van der Waals surface area contributed by atoms with Crippen LogP contribution in [0.25, 0.3) is 0 Å². The van der Waals surface area contributed by atoms with Gasteiger partial charge in [-0.1, -0.05) is 49.9 Å². The molecule has 1 aromatic carbocycles. The second kappa shape index (κ2) is 9.46. The topological polar surface area (TPSA) is 50.4 Å². The third kappa shape index (κ3) is 6.06. The van der Waals surface area contributed by atoms with Gasteiger partial charge < -0.3 is 15.4 Å². The van der Waals surface area contributed by atoms with Crippen molar-refractivity contribution >= 4 is 6.03 Å². The Hall–Kier alpha value is -1.55. The largest absolute Gasteiger partial charge is 0.377 e. The summed E-state index contributed by atoms with van der Waals surface area (Å²) >= 11 is 0. The number of urea groups is 1. The van der Waals surface area contributed by atoms with Crippen LogP contribution in [0.5, 0.6) is 0 Å². The molecule has 0 saturated heterocycles. The van der Waals surface area contributed by atoms with Gasteiger partial charge in [0.25, 0.3) is 0 Å². The average Bonchev–Trinajstić information content (AvgIpc) is 3.05. The number of rotatable bonds is 8. The van der Waals surface area contributed by atoms with Gasteiger partial charge >= 0.3 is 6.03 Å². The first-order valence-electron chi connectivity index (χ1n) is 8.45. The predicted octanol–water partition coefficient (Wildman–Crippen LogP) is 3.60. The van der Waals surface area contributed by atoms with E-state index in [4.69, 9.17) is 4.74 Å². The maximum atomic E-state index is 11.8. The second-order valence-electron chi connectivity index (χ2n) is 6.00. The number of hydrogen-bond acceptors (Lipinski definition) is 2. The Balaban J connectivity index is 1.60. The maximum Gasteiger partial charge on any atom is 0.315 e. The smallest absolute Gasteiger partial charge is 0.315 e. The monoisotopic (exact) mass is 304 g/mol. The molecule has 122 valence electrons. The SMILES string of the molecule is CCOCc1ccc(CNC(=O)NCCC2CCCC2)cc1. The molecular formula is C18H28N2O2. The van der Waals surface area contributed by atoms with Crippen molar-refractivity contribution in [3.05, 3.63) is 35.4 Å². The number of nitrogens with one attached hydrogen (secondary N) is 2. The lowest BCUT2D eigenvalue weighted by Crippen LogP contribution is -2.36. The van der Waals surface area contributed by atoms with Crippen LogP contribution >= 0.6 is 0 Å². The van der Waals surface area contributed by atoms with Gasteiger partial charge in [-0.05, 0) is 30.4 Å². The van der Waals surface area contributed by atoms with Gasteiger partial charge in [0.1, 0.15) is 0 Å². The molecule has 2 rings (SSSR count). The van der Waals surface area contributed by atoms with E-state index >= 15 is 0 Å². The molecule has 22 heavy (non-hydrogen) atoms. The summed E-state index contributed by atoms with van der Waals surface area (Å²) in [6, 6.07) is 8.09. The van der Waals surface area contributed by atoms with Crippen molar-refractivity contribution in [1.82, 2.24) is 10.6 Å². The van der Waals surface area contributed by atoms with Crippen molar-refractivity contribution in [3.63, 3.8) is 0 Å². The van der Waals surface area contributed by atoms with Crippen LogP contribution in [0, 0.1) is 5.92 Å². The summed E-state index contributed by atoms with van der Waals surface area (Å²) in [4.78, 5) is 11.8. The number of carbonyl (C=O) groups excluding carboxylic acids is 1. The highest BCUT2D eigenvalue weighted by atomic mass is 16.5. The molecule has 2 amide bonds. The van der Waals surface area contributed by atoms with Gasteiger partial charge in [-0.15, -0.1) is 0 Å². The van der Waals surface area contributed by atoms with Crippen LogP contribution in [0.15, 0.2) is 24.3 Å². The molecule has 0 aliphatic heterocycles. The molecule has 4 nitrogen and oxygen atoms in total. The number of carbonyl (C=O) groups is 1. The van der Waals surface area contributed by atoms with Crippen molar-refractivity contribution in [1.29, 1.82) is 0 Å². The van der Waals surface area contributed by atoms with Crippen LogP contribution in [0.2, 0.25) is 0 Å². The van der Waals surface area contributed by atoms with E-state index in [0.717, 1.165) is 36.6 Å². The Morgan fingerprint density at radius 3 is 2.50 bits per heavy atom. The second-order valence-corrected chi connectivity index (χ2v) is 6.00. The highest BCUT2D eigenvalue weighted by molar-refractivity contribution is 5.73. The van der Waals surface area contributed by atoms with E-state index < -0.39 is 0 Å². The first kappa shape index (κ1) is 16.8. The molecule has 0 aromatic heterocycles. The fourth-order valence-corrected chi connectivity index (χ4v) is 2.91. The summed E-state index contributed by atoms with van der Waals surface area (Å²) < 4.78 is 5.36. The van der Waals surface area contributed by atoms with Gasteiger partial charge in [0.15, 0.2) is 0 Å². The average molecular weight is 304 g/mol. The third-order valence-corrected chi connectivity index (χ3v) is 4.26. The molecule has 0 heterocycles. The van der Waals surface area contributed by atoms with E-state index in [-0.39, 0.29) is 6.03 Å². The molecule has 4 heteroatoms. The van der Waals surface area contributed by atoms with Crippen LogP contribution in [-0.4, -0.2) is 19.2 Å². The molecule has 0 spiro atoms. The number of hydrogen-bond donors (Lipinski definition) is 2. The molecule has 1 aliphatic carbocycles. The molecule has 1 aromatic rings. The fraction of sp³-hybridized carbons (Fsp3) is 0.611. The summed E-state index contributed by atoms with van der Waals surface area (Å²) in [5.74, 6) is 0.818. The minimum Gasteiger partial charge on any atom is -0.377 e. The third-order valence-electron chi connectivity index (χ3n) is 4.26. The minimum atomic E-state index is -0.0728. The lowest BCUT2D eigenvalue weighted by atomic mass is 10.0. The van der Waals surface area contributed by atoms with E-state index in [1.807, 2.05) is 31.2 Å². The molecule has 1 aliphatic rings. The molecule has 0 bridgehead atoms. The zero-order valence-corrected chi connectivity index (χ0v) is 13.6. The summed E-state index contributed by atoms with van der Waals surface area (Å²) in [6.45, 7) is 4.70. The molecule has 1 fully saturated rings. The van der Waals surface area contributed by atoms with Crippen molar-refractivity contribution in [2.75, 3.05) is 13.2 Å². The standard InChI is InChI=1S/C18H28N2O2/c1-2-22-14-17-9-7-16(8-10-17)13-20-18(21)19-12-11-15-5-3-4-6-15/h7-10,15H,2-6,11-14H2,1H3,(H2,19,20,21). The lowest BCUT2D eigenvalue weighted by molar-refractivity contribution is 0.134. The first-order valence-corrected chi connectivity index (χ1v) is 8.45. The molecule has 0 radical (unpaired) electrons. The van der Waals surface area contributed by atoms with Crippen LogP contribution in [-0.2, 0) is 17.9 Å². The van der Waals surface area contributed by atoms with Crippen molar-refractivity contribution in [2.24, 2.45) is 5.92 Å². The van der Waals surface area contributed by atoms with Crippen molar-refractivity contribution in [3.8, 4) is 0 Å². The van der Waals surface area contributed by atoms with Gasteiger partial charge in [0, 0.05) is 19.7 Å². The summed E-state index contributed by atoms with van der Waals surface area (Å²) in [5, 5.41) is 5.85. The zero-order valence-electron chi connectivity index (χ0n) is 13.6. The zero-order chi connectivity index (χ0) is 15.6. The van der Waals surface area contributed by atoms with E-state index in [1.165, 1.54) is 25.7 Å². The Morgan fingerprint density at radius 2 is 1.82 bits per heavy atom. The molecule has 0 unspecified atom stereocenters. The Bertz CT molecular complexity index is 439. The predicted molar refractivity (Wildman–Crippen MR) is 88.6 cm³/mol. The first-order chi connectivity index (χ1) is 10.8. The van der Waals surface area contributed by atoms with Crippen LogP contribution in [0.4, 0.5) is 4.79 Å². The molecule has 0 atom stereocenters. The normalized spacial score (nSPS) is 15.0. The van der Waals surface area contributed by atoms with Crippen molar-refractivity contribution in [2.45, 2.75) is 52.2 Å². The van der Waals surface area contributed by atoms with Gasteiger partial charge in [0.05, 0.1) is 6.61 Å². The van der Waals surface area contributed by atoms with Gasteiger partial charge in [-0.3, -0.25) is 0 Å². The number of amides is 2. The van der Waals surface area contributed by atoms with E-state index in [2.05, 4.69) is 10.6 Å². The summed E-state index contributed by atoms with van der Waals surface area (Å²) in [7, 11) is 0. The fourth-order valence-electron chi connectivity index (χ4n) is 2.91.